The molecule has 9 heteroatoms. The van der Waals surface area contributed by atoms with E-state index in [2.05, 4.69) is 9.62 Å². The van der Waals surface area contributed by atoms with E-state index >= 15 is 0 Å². The minimum Gasteiger partial charge on any atom is -0.468 e. The minimum atomic E-state index is -3.62. The van der Waals surface area contributed by atoms with Gasteiger partial charge in [-0.15, -0.1) is 0 Å². The normalized spacial score (nSPS) is 20.5. The summed E-state index contributed by atoms with van der Waals surface area (Å²) >= 11 is 0. The van der Waals surface area contributed by atoms with Crippen LogP contribution in [0, 0.1) is 0 Å². The average molecular weight is 434 g/mol. The zero-order chi connectivity index (χ0) is 21.0. The molecule has 1 aromatic carbocycles. The summed E-state index contributed by atoms with van der Waals surface area (Å²) in [6.45, 7) is 4.48. The predicted molar refractivity (Wildman–Crippen MR) is 110 cm³/mol. The lowest BCUT2D eigenvalue weighted by atomic mass is 10.2. The second-order valence-corrected chi connectivity index (χ2v) is 9.43. The van der Waals surface area contributed by atoms with E-state index in [1.807, 2.05) is 12.1 Å². The zero-order valence-electron chi connectivity index (χ0n) is 16.8. The van der Waals surface area contributed by atoms with Crippen molar-refractivity contribution in [3.8, 4) is 0 Å². The number of nitrogens with one attached hydrogen (secondary N) is 1. The molecule has 0 saturated carbocycles. The van der Waals surface area contributed by atoms with E-state index in [4.69, 9.17) is 9.15 Å². The van der Waals surface area contributed by atoms with E-state index in [1.165, 1.54) is 12.1 Å². The van der Waals surface area contributed by atoms with Crippen LogP contribution in [0.4, 0.5) is 0 Å². The molecule has 2 fully saturated rings. The summed E-state index contributed by atoms with van der Waals surface area (Å²) in [5, 5.41) is 0. The van der Waals surface area contributed by atoms with Gasteiger partial charge in [0.25, 0.3) is 5.91 Å². The Balaban J connectivity index is 1.30. The highest BCUT2D eigenvalue weighted by atomic mass is 32.2. The highest BCUT2D eigenvalue weighted by molar-refractivity contribution is 7.89. The Morgan fingerprint density at radius 2 is 1.87 bits per heavy atom. The van der Waals surface area contributed by atoms with Crippen molar-refractivity contribution >= 4 is 15.9 Å². The number of piperazine rings is 1. The van der Waals surface area contributed by atoms with E-state index < -0.39 is 10.0 Å². The molecule has 1 aromatic heterocycles. The second-order valence-electron chi connectivity index (χ2n) is 7.66. The van der Waals surface area contributed by atoms with Crippen LogP contribution in [0.5, 0.6) is 0 Å². The first-order valence-electron chi connectivity index (χ1n) is 10.3. The lowest BCUT2D eigenvalue weighted by Gasteiger charge is -2.34. The lowest BCUT2D eigenvalue weighted by molar-refractivity contribution is 0.0620. The molecule has 2 aliphatic rings. The van der Waals surface area contributed by atoms with Crippen molar-refractivity contribution in [3.05, 3.63) is 54.0 Å². The van der Waals surface area contributed by atoms with Crippen LogP contribution in [0.2, 0.25) is 0 Å². The van der Waals surface area contributed by atoms with Crippen molar-refractivity contribution in [2.45, 2.75) is 30.4 Å². The number of amides is 1. The van der Waals surface area contributed by atoms with Crippen molar-refractivity contribution < 1.29 is 22.4 Å². The van der Waals surface area contributed by atoms with Gasteiger partial charge in [-0.25, -0.2) is 13.1 Å². The minimum absolute atomic E-state index is 0.0629. The number of rotatable bonds is 7. The molecule has 0 spiro atoms. The number of carbonyl (C=O) groups is 1. The van der Waals surface area contributed by atoms with Crippen molar-refractivity contribution in [2.24, 2.45) is 0 Å². The van der Waals surface area contributed by atoms with Gasteiger partial charge in [-0.05, 0) is 49.2 Å². The number of ether oxygens (including phenoxy) is 1. The molecule has 0 aliphatic carbocycles. The number of furan rings is 1. The molecule has 2 saturated heterocycles. The van der Waals surface area contributed by atoms with Crippen LogP contribution >= 0.6 is 0 Å². The monoisotopic (exact) mass is 433 g/mol. The van der Waals surface area contributed by atoms with Crippen molar-refractivity contribution in [1.29, 1.82) is 0 Å². The average Bonchev–Trinajstić information content (AvgIpc) is 3.47. The van der Waals surface area contributed by atoms with Crippen LogP contribution in [0.25, 0.3) is 0 Å². The van der Waals surface area contributed by atoms with Gasteiger partial charge in [-0.3, -0.25) is 9.69 Å². The Morgan fingerprint density at radius 1 is 1.10 bits per heavy atom. The summed E-state index contributed by atoms with van der Waals surface area (Å²) < 4.78 is 38.4. The maximum Gasteiger partial charge on any atom is 0.253 e. The first kappa shape index (κ1) is 21.0. The molecule has 3 heterocycles. The third kappa shape index (κ3) is 5.10. The molecule has 2 aromatic rings. The van der Waals surface area contributed by atoms with E-state index in [0.717, 1.165) is 38.2 Å². The molecule has 162 valence electrons. The number of sulfonamides is 1. The van der Waals surface area contributed by atoms with Crippen LogP contribution in [0.15, 0.2) is 52.0 Å². The number of benzene rings is 1. The van der Waals surface area contributed by atoms with Crippen LogP contribution < -0.4 is 4.72 Å². The number of nitrogens with zero attached hydrogens (tertiary/aromatic N) is 2. The lowest BCUT2D eigenvalue weighted by Crippen LogP contribution is -2.48. The zero-order valence-corrected chi connectivity index (χ0v) is 17.6. The van der Waals surface area contributed by atoms with E-state index in [1.54, 1.807) is 23.3 Å². The molecule has 2 aliphatic heterocycles. The topological polar surface area (TPSA) is 92.1 Å². The smallest absolute Gasteiger partial charge is 0.253 e. The summed E-state index contributed by atoms with van der Waals surface area (Å²) in [5.74, 6) is 0.837. The summed E-state index contributed by atoms with van der Waals surface area (Å²) in [7, 11) is -3.62. The molecule has 1 N–H and O–H groups in total. The van der Waals surface area contributed by atoms with Gasteiger partial charge in [-0.2, -0.15) is 0 Å². The van der Waals surface area contributed by atoms with Gasteiger partial charge in [0.1, 0.15) is 5.76 Å². The van der Waals surface area contributed by atoms with Crippen LogP contribution in [0.1, 0.15) is 29.0 Å². The highest BCUT2D eigenvalue weighted by Crippen LogP contribution is 2.16. The van der Waals surface area contributed by atoms with E-state index in [0.29, 0.717) is 25.3 Å². The van der Waals surface area contributed by atoms with Crippen molar-refractivity contribution in [3.63, 3.8) is 0 Å². The fourth-order valence-electron chi connectivity index (χ4n) is 3.78. The molecule has 0 radical (unpaired) electrons. The Morgan fingerprint density at radius 3 is 2.50 bits per heavy atom. The van der Waals surface area contributed by atoms with Crippen LogP contribution in [0.3, 0.4) is 0 Å². The Labute approximate surface area is 176 Å². The van der Waals surface area contributed by atoms with Gasteiger partial charge < -0.3 is 14.1 Å². The predicted octanol–water partition coefficient (Wildman–Crippen LogP) is 1.69. The number of hydrogen-bond acceptors (Lipinski definition) is 6. The molecule has 1 amide bonds. The summed E-state index contributed by atoms with van der Waals surface area (Å²) in [6.07, 6.45) is 3.43. The van der Waals surface area contributed by atoms with Gasteiger partial charge in [-0.1, -0.05) is 0 Å². The molecule has 30 heavy (non-hydrogen) atoms. The quantitative estimate of drug-likeness (QED) is 0.715. The Kier molecular flexibility index (Phi) is 6.52. The second kappa shape index (κ2) is 9.30. The molecular formula is C21H27N3O5S. The molecule has 1 unspecified atom stereocenters. The standard InChI is InChI=1S/C21H27N3O5S/c25-21(24-11-9-23(10-12-24)16-19-4-2-14-29-19)17-5-7-20(8-6-17)30(26,27)22-15-18-3-1-13-28-18/h2,4-8,14,18,22H,1,3,9-13,15-16H2. The van der Waals surface area contributed by atoms with Gasteiger partial charge in [0, 0.05) is 44.9 Å². The van der Waals surface area contributed by atoms with Gasteiger partial charge in [0.05, 0.1) is 23.8 Å². The van der Waals surface area contributed by atoms with E-state index in [-0.39, 0.29) is 23.5 Å². The van der Waals surface area contributed by atoms with Crippen LogP contribution in [-0.2, 0) is 21.3 Å². The Bertz CT molecular complexity index is 930. The fourth-order valence-corrected chi connectivity index (χ4v) is 4.85. The maximum atomic E-state index is 12.8. The maximum absolute atomic E-state index is 12.8. The molecule has 0 bridgehead atoms. The number of carbonyl (C=O) groups excluding carboxylic acids is 1. The molecular weight excluding hydrogens is 406 g/mol. The largest absolute Gasteiger partial charge is 0.468 e. The highest BCUT2D eigenvalue weighted by Gasteiger charge is 2.24. The number of hydrogen-bond donors (Lipinski definition) is 1. The van der Waals surface area contributed by atoms with Gasteiger partial charge in [0.2, 0.25) is 10.0 Å². The summed E-state index contributed by atoms with van der Waals surface area (Å²) in [5.41, 5.74) is 0.493. The molecule has 8 nitrogen and oxygen atoms in total. The van der Waals surface area contributed by atoms with Gasteiger partial charge >= 0.3 is 0 Å². The van der Waals surface area contributed by atoms with E-state index in [9.17, 15) is 13.2 Å². The summed E-state index contributed by atoms with van der Waals surface area (Å²) in [6, 6.07) is 9.95. The van der Waals surface area contributed by atoms with Crippen molar-refractivity contribution in [2.75, 3.05) is 39.3 Å². The third-order valence-corrected chi connectivity index (χ3v) is 7.00. The molecule has 4 rings (SSSR count). The first-order chi connectivity index (χ1) is 14.5. The third-order valence-electron chi connectivity index (χ3n) is 5.56. The van der Waals surface area contributed by atoms with Gasteiger partial charge in [0.15, 0.2) is 0 Å². The van der Waals surface area contributed by atoms with Crippen LogP contribution in [-0.4, -0.2) is 69.6 Å². The summed E-state index contributed by atoms with van der Waals surface area (Å²) in [4.78, 5) is 17.0. The fraction of sp³-hybridized carbons (Fsp3) is 0.476. The SMILES string of the molecule is O=C(c1ccc(S(=O)(=O)NCC2CCCO2)cc1)N1CCN(Cc2ccco2)CC1. The van der Waals surface area contributed by atoms with Crippen molar-refractivity contribution in [1.82, 2.24) is 14.5 Å². The first-order valence-corrected chi connectivity index (χ1v) is 11.7. The molecule has 1 atom stereocenters. The Hall–Kier alpha value is -2.20.